The Kier molecular flexibility index (Phi) is 7.27. The van der Waals surface area contributed by atoms with Crippen LogP contribution < -0.4 is 5.32 Å². The quantitative estimate of drug-likeness (QED) is 0.478. The fraction of sp³-hybridized carbons (Fsp3) is 0.964. The molecule has 9 atom stereocenters. The first-order chi connectivity index (χ1) is 15.6. The molecule has 4 unspecified atom stereocenters. The summed E-state index contributed by atoms with van der Waals surface area (Å²) in [6.07, 6.45) is 9.08. The van der Waals surface area contributed by atoms with E-state index in [1.54, 1.807) is 0 Å². The van der Waals surface area contributed by atoms with Gasteiger partial charge in [-0.2, -0.15) is 0 Å². The number of ether oxygens (including phenoxy) is 1. The van der Waals surface area contributed by atoms with Crippen molar-refractivity contribution in [3.8, 4) is 0 Å². The summed E-state index contributed by atoms with van der Waals surface area (Å²) in [4.78, 5) is 12.9. The Bertz CT molecular complexity index is 712. The number of carbonyl (C=O) groups is 1. The number of rotatable bonds is 7. The van der Waals surface area contributed by atoms with Gasteiger partial charge in [0.25, 0.3) is 0 Å². The summed E-state index contributed by atoms with van der Waals surface area (Å²) in [6, 6.07) is 0.613. The average molecular weight is 464 g/mol. The third kappa shape index (κ3) is 4.29. The lowest BCUT2D eigenvalue weighted by Crippen LogP contribution is -2.64. The van der Waals surface area contributed by atoms with Gasteiger partial charge >= 0.3 is 5.97 Å². The summed E-state index contributed by atoms with van der Waals surface area (Å²) in [7, 11) is 0. The molecule has 4 aliphatic rings. The maximum absolute atomic E-state index is 12.9. The highest BCUT2D eigenvalue weighted by atomic mass is 16.6. The van der Waals surface area contributed by atoms with Crippen molar-refractivity contribution in [3.05, 3.63) is 0 Å². The Morgan fingerprint density at radius 3 is 2.52 bits per heavy atom. The van der Waals surface area contributed by atoms with Crippen LogP contribution in [0.3, 0.4) is 0 Å². The van der Waals surface area contributed by atoms with Crippen LogP contribution in [0.2, 0.25) is 0 Å². The topological polar surface area (TPSA) is 78.8 Å². The first-order valence-corrected chi connectivity index (χ1v) is 13.9. The number of hydrogen-bond donors (Lipinski definition) is 3. The number of aliphatic hydroxyl groups is 2. The van der Waals surface area contributed by atoms with Crippen LogP contribution in [0.15, 0.2) is 0 Å². The molecule has 0 aromatic carbocycles. The second kappa shape index (κ2) is 9.43. The zero-order chi connectivity index (χ0) is 24.0. The summed E-state index contributed by atoms with van der Waals surface area (Å²) in [5.74, 6) is 2.39. The van der Waals surface area contributed by atoms with Crippen LogP contribution in [0.5, 0.6) is 0 Å². The van der Waals surface area contributed by atoms with Gasteiger partial charge in [-0.05, 0) is 111 Å². The van der Waals surface area contributed by atoms with Gasteiger partial charge in [-0.3, -0.25) is 0 Å². The van der Waals surface area contributed by atoms with Crippen molar-refractivity contribution in [2.75, 3.05) is 13.2 Å². The molecule has 0 aromatic rings. The van der Waals surface area contributed by atoms with Gasteiger partial charge in [0, 0.05) is 6.04 Å². The van der Waals surface area contributed by atoms with E-state index in [1.165, 1.54) is 38.5 Å². The molecular formula is C28H49NO4. The van der Waals surface area contributed by atoms with Gasteiger partial charge in [-0.25, -0.2) is 4.79 Å². The monoisotopic (exact) mass is 463 g/mol. The van der Waals surface area contributed by atoms with Crippen LogP contribution in [0.25, 0.3) is 0 Å². The van der Waals surface area contributed by atoms with Crippen LogP contribution in [-0.4, -0.2) is 47.1 Å². The highest BCUT2D eigenvalue weighted by Crippen LogP contribution is 2.67. The minimum atomic E-state index is -1.76. The van der Waals surface area contributed by atoms with E-state index in [-0.39, 0.29) is 5.41 Å². The fourth-order valence-corrected chi connectivity index (χ4v) is 8.77. The molecule has 4 rings (SSSR count). The van der Waals surface area contributed by atoms with Gasteiger partial charge in [0.15, 0.2) is 5.60 Å². The van der Waals surface area contributed by atoms with Crippen molar-refractivity contribution in [2.45, 2.75) is 117 Å². The Hall–Kier alpha value is -0.650. The van der Waals surface area contributed by atoms with Crippen molar-refractivity contribution in [1.82, 2.24) is 5.32 Å². The molecular weight excluding hydrogens is 414 g/mol. The Labute approximate surface area is 201 Å². The number of fused-ring (bicyclic) bond motifs is 5. The molecule has 0 radical (unpaired) electrons. The highest BCUT2D eigenvalue weighted by molar-refractivity contribution is 5.80. The normalized spacial score (nSPS) is 47.0. The van der Waals surface area contributed by atoms with Crippen LogP contribution in [0, 0.1) is 40.4 Å². The number of nitrogens with one attached hydrogen (secondary N) is 1. The number of aliphatic hydroxyl groups excluding tert-OH is 1. The summed E-state index contributed by atoms with van der Waals surface area (Å²) in [5.41, 5.74) is -1.53. The van der Waals surface area contributed by atoms with E-state index in [0.29, 0.717) is 48.7 Å². The Morgan fingerprint density at radius 2 is 1.82 bits per heavy atom. The molecule has 0 spiro atoms. The van der Waals surface area contributed by atoms with Crippen LogP contribution in [0.1, 0.15) is 98.8 Å². The molecule has 0 bridgehead atoms. The van der Waals surface area contributed by atoms with E-state index in [9.17, 15) is 15.0 Å². The van der Waals surface area contributed by atoms with Crippen molar-refractivity contribution in [1.29, 1.82) is 0 Å². The molecule has 33 heavy (non-hydrogen) atoms. The molecule has 0 aliphatic heterocycles. The predicted molar refractivity (Wildman–Crippen MR) is 131 cm³/mol. The summed E-state index contributed by atoms with van der Waals surface area (Å²) in [6.45, 7) is 12.8. The van der Waals surface area contributed by atoms with Crippen molar-refractivity contribution in [2.24, 2.45) is 40.4 Å². The smallest absolute Gasteiger partial charge is 0.340 e. The summed E-state index contributed by atoms with van der Waals surface area (Å²) < 4.78 is 5.36. The van der Waals surface area contributed by atoms with Gasteiger partial charge in [0.1, 0.15) is 0 Å². The van der Waals surface area contributed by atoms with Crippen molar-refractivity contribution >= 4 is 5.97 Å². The van der Waals surface area contributed by atoms with E-state index in [0.717, 1.165) is 31.2 Å². The highest BCUT2D eigenvalue weighted by Gasteiger charge is 2.64. The molecule has 4 fully saturated rings. The van der Waals surface area contributed by atoms with Crippen LogP contribution >= 0.6 is 0 Å². The molecule has 190 valence electrons. The molecule has 5 nitrogen and oxygen atoms in total. The summed E-state index contributed by atoms with van der Waals surface area (Å²) >= 11 is 0. The average Bonchev–Trinajstić information content (AvgIpc) is 3.09. The van der Waals surface area contributed by atoms with E-state index in [1.807, 2.05) is 6.92 Å². The fourth-order valence-electron chi connectivity index (χ4n) is 8.77. The number of hydrogen-bond acceptors (Lipinski definition) is 5. The minimum absolute atomic E-state index is 0.118. The minimum Gasteiger partial charge on any atom is -0.463 e. The maximum atomic E-state index is 12.9. The predicted octanol–water partition coefficient (Wildman–Crippen LogP) is 4.69. The number of carbonyl (C=O) groups excluding carboxylic acids is 1. The van der Waals surface area contributed by atoms with E-state index < -0.39 is 17.7 Å². The Morgan fingerprint density at radius 1 is 1.09 bits per heavy atom. The molecule has 5 heteroatoms. The van der Waals surface area contributed by atoms with E-state index >= 15 is 0 Å². The number of esters is 1. The van der Waals surface area contributed by atoms with Gasteiger partial charge in [-0.15, -0.1) is 0 Å². The molecule has 0 amide bonds. The van der Waals surface area contributed by atoms with Gasteiger partial charge in [0.05, 0.1) is 12.7 Å². The molecule has 4 saturated carbocycles. The third-order valence-corrected chi connectivity index (χ3v) is 10.7. The molecule has 0 saturated heterocycles. The van der Waals surface area contributed by atoms with E-state index in [4.69, 9.17) is 4.74 Å². The third-order valence-electron chi connectivity index (χ3n) is 10.7. The zero-order valence-electron chi connectivity index (χ0n) is 21.7. The molecule has 0 aromatic heterocycles. The molecule has 3 N–H and O–H groups in total. The van der Waals surface area contributed by atoms with Crippen molar-refractivity contribution < 1.29 is 19.7 Å². The van der Waals surface area contributed by atoms with E-state index in [2.05, 4.69) is 33.0 Å². The van der Waals surface area contributed by atoms with Gasteiger partial charge in [-0.1, -0.05) is 34.6 Å². The van der Waals surface area contributed by atoms with Crippen LogP contribution in [0.4, 0.5) is 0 Å². The second-order valence-electron chi connectivity index (χ2n) is 13.0. The van der Waals surface area contributed by atoms with Gasteiger partial charge < -0.3 is 20.3 Å². The SMILES string of the molecule is CCCOC(=O)C1(O)C[C@@]2(C)C(CC[C@@H]3[C@H]2CC[C@]2(C)C(NCCC(C)C)CC[C@@H]32)CC1O. The first kappa shape index (κ1) is 25.4. The largest absolute Gasteiger partial charge is 0.463 e. The Balaban J connectivity index is 1.52. The maximum Gasteiger partial charge on any atom is 0.340 e. The second-order valence-corrected chi connectivity index (χ2v) is 13.0. The standard InChI is InChI=1S/C28H49NO4/c1-6-15-33-25(31)28(32)17-27(5)19(16-24(28)30)7-8-20-21-9-10-23(29-14-12-18(2)3)26(21,4)13-11-22(20)27/h18-24,29-30,32H,6-17H2,1-5H3/t19?,20-,21-,22+,23?,24?,26-,27-,28?/m0/s1. The van der Waals surface area contributed by atoms with Gasteiger partial charge in [0.2, 0.25) is 0 Å². The van der Waals surface area contributed by atoms with Crippen molar-refractivity contribution in [3.63, 3.8) is 0 Å². The molecule has 0 heterocycles. The zero-order valence-corrected chi connectivity index (χ0v) is 21.7. The lowest BCUT2D eigenvalue weighted by Gasteiger charge is -2.62. The van der Waals surface area contributed by atoms with Crippen LogP contribution in [-0.2, 0) is 9.53 Å². The first-order valence-electron chi connectivity index (χ1n) is 13.9. The lowest BCUT2D eigenvalue weighted by molar-refractivity contribution is -0.217. The lowest BCUT2D eigenvalue weighted by atomic mass is 9.43. The molecule has 4 aliphatic carbocycles. The summed E-state index contributed by atoms with van der Waals surface area (Å²) in [5, 5.41) is 26.2.